The van der Waals surface area contributed by atoms with Crippen molar-refractivity contribution in [3.05, 3.63) is 11.1 Å². The number of likely N-dealkylation sites (N-methyl/N-ethyl adjacent to an activating group) is 1. The largest absolute Gasteiger partial charge is 0.374 e. The Morgan fingerprint density at radius 3 is 2.58 bits per heavy atom. The second-order valence-electron chi connectivity index (χ2n) is 5.41. The van der Waals surface area contributed by atoms with E-state index in [0.29, 0.717) is 23.5 Å². The molecule has 0 aromatic carbocycles. The monoisotopic (exact) mass is 264 g/mol. The van der Waals surface area contributed by atoms with Crippen LogP contribution in [0.3, 0.4) is 0 Å². The van der Waals surface area contributed by atoms with Crippen molar-refractivity contribution >= 4 is 5.91 Å². The summed E-state index contributed by atoms with van der Waals surface area (Å²) in [5.74, 6) is 0.237. The summed E-state index contributed by atoms with van der Waals surface area (Å²) in [6.45, 7) is 6.22. The Morgan fingerprint density at radius 1 is 1.53 bits per heavy atom. The van der Waals surface area contributed by atoms with Crippen molar-refractivity contribution in [2.45, 2.75) is 52.2 Å². The molecule has 0 bridgehead atoms. The third-order valence-electron chi connectivity index (χ3n) is 3.77. The standard InChI is InChI=1S/C15H24N2O2/c1-6-7-8-11(9-16)12-14(19-5)13(10(2)3)17(4)15(12)18/h10,13-14H,6-8H2,1-5H3/b12-11+/t13-,14-/m0/s1. The third kappa shape index (κ3) is 2.98. The maximum absolute atomic E-state index is 12.4. The number of nitriles is 1. The number of methoxy groups -OCH3 is 1. The average Bonchev–Trinajstić information content (AvgIpc) is 2.64. The van der Waals surface area contributed by atoms with Crippen LogP contribution in [-0.4, -0.2) is 37.1 Å². The van der Waals surface area contributed by atoms with Crippen LogP contribution in [-0.2, 0) is 9.53 Å². The predicted molar refractivity (Wildman–Crippen MR) is 74.4 cm³/mol. The molecule has 0 aliphatic carbocycles. The van der Waals surface area contributed by atoms with Gasteiger partial charge in [-0.3, -0.25) is 4.79 Å². The first-order valence-corrected chi connectivity index (χ1v) is 6.92. The Balaban J connectivity index is 3.21. The van der Waals surface area contributed by atoms with Gasteiger partial charge < -0.3 is 9.64 Å². The molecule has 0 N–H and O–H groups in total. The lowest BCUT2D eigenvalue weighted by atomic mass is 9.93. The molecule has 1 heterocycles. The fourth-order valence-corrected chi connectivity index (χ4v) is 2.78. The fraction of sp³-hybridized carbons (Fsp3) is 0.733. The summed E-state index contributed by atoms with van der Waals surface area (Å²) in [6, 6.07) is 2.22. The number of likely N-dealkylation sites (tertiary alicyclic amines) is 1. The second-order valence-corrected chi connectivity index (χ2v) is 5.41. The molecule has 19 heavy (non-hydrogen) atoms. The van der Waals surface area contributed by atoms with E-state index >= 15 is 0 Å². The third-order valence-corrected chi connectivity index (χ3v) is 3.77. The lowest BCUT2D eigenvalue weighted by molar-refractivity contribution is -0.125. The van der Waals surface area contributed by atoms with Gasteiger partial charge in [0.15, 0.2) is 0 Å². The molecule has 1 aliphatic heterocycles. The van der Waals surface area contributed by atoms with Crippen LogP contribution >= 0.6 is 0 Å². The molecular formula is C15H24N2O2. The molecule has 0 aromatic rings. The molecule has 4 heteroatoms. The van der Waals surface area contributed by atoms with Gasteiger partial charge in [0, 0.05) is 19.7 Å². The molecule has 1 amide bonds. The number of hydrogen-bond acceptors (Lipinski definition) is 3. The zero-order chi connectivity index (χ0) is 14.6. The average molecular weight is 264 g/mol. The minimum absolute atomic E-state index is 0.0116. The molecule has 1 rings (SSSR count). The van der Waals surface area contributed by atoms with Crippen molar-refractivity contribution in [3.8, 4) is 6.07 Å². The topological polar surface area (TPSA) is 53.3 Å². The maximum atomic E-state index is 12.4. The number of amides is 1. The summed E-state index contributed by atoms with van der Waals surface area (Å²) in [4.78, 5) is 14.1. The minimum Gasteiger partial charge on any atom is -0.374 e. The predicted octanol–water partition coefficient (Wildman–Crippen LogP) is 2.51. The van der Waals surface area contributed by atoms with Crippen LogP contribution in [0, 0.1) is 17.2 Å². The van der Waals surface area contributed by atoms with Crippen LogP contribution in [0.5, 0.6) is 0 Å². The SMILES string of the molecule is CCCC/C(C#N)=C1\C(=O)N(C)[C@@H](C(C)C)[C@H]1OC. The van der Waals surface area contributed by atoms with Crippen molar-refractivity contribution in [3.63, 3.8) is 0 Å². The zero-order valence-electron chi connectivity index (χ0n) is 12.6. The summed E-state index contributed by atoms with van der Waals surface area (Å²) >= 11 is 0. The number of allylic oxidation sites excluding steroid dienone is 1. The summed E-state index contributed by atoms with van der Waals surface area (Å²) < 4.78 is 5.53. The summed E-state index contributed by atoms with van der Waals surface area (Å²) in [5, 5.41) is 9.32. The first-order valence-electron chi connectivity index (χ1n) is 6.92. The minimum atomic E-state index is -0.288. The van der Waals surface area contributed by atoms with Gasteiger partial charge in [0.1, 0.15) is 6.10 Å². The van der Waals surface area contributed by atoms with E-state index in [1.165, 1.54) is 0 Å². The van der Waals surface area contributed by atoms with Crippen LogP contribution in [0.4, 0.5) is 0 Å². The van der Waals surface area contributed by atoms with E-state index in [1.54, 1.807) is 19.1 Å². The number of carbonyl (C=O) groups is 1. The van der Waals surface area contributed by atoms with Crippen molar-refractivity contribution in [1.82, 2.24) is 4.90 Å². The molecule has 106 valence electrons. The molecule has 1 fully saturated rings. The van der Waals surface area contributed by atoms with Gasteiger partial charge in [-0.25, -0.2) is 0 Å². The van der Waals surface area contributed by atoms with Gasteiger partial charge >= 0.3 is 0 Å². The van der Waals surface area contributed by atoms with Gasteiger partial charge in [-0.1, -0.05) is 27.2 Å². The first kappa shape index (κ1) is 15.7. The first-order chi connectivity index (χ1) is 8.99. The van der Waals surface area contributed by atoms with Gasteiger partial charge in [0.25, 0.3) is 5.91 Å². The highest BCUT2D eigenvalue weighted by molar-refractivity contribution is 5.99. The van der Waals surface area contributed by atoms with Crippen LogP contribution < -0.4 is 0 Å². The Bertz CT molecular complexity index is 407. The van der Waals surface area contributed by atoms with E-state index < -0.39 is 0 Å². The van der Waals surface area contributed by atoms with E-state index in [-0.39, 0.29) is 18.1 Å². The Labute approximate surface area is 116 Å². The van der Waals surface area contributed by atoms with Crippen molar-refractivity contribution in [2.75, 3.05) is 14.2 Å². The molecule has 1 aliphatic rings. The van der Waals surface area contributed by atoms with Crippen molar-refractivity contribution < 1.29 is 9.53 Å². The van der Waals surface area contributed by atoms with E-state index in [9.17, 15) is 10.1 Å². The highest BCUT2D eigenvalue weighted by atomic mass is 16.5. The maximum Gasteiger partial charge on any atom is 0.253 e. The highest BCUT2D eigenvalue weighted by Crippen LogP contribution is 2.33. The Kier molecular flexibility index (Phi) is 5.56. The quantitative estimate of drug-likeness (QED) is 0.566. The molecule has 1 saturated heterocycles. The normalized spacial score (nSPS) is 25.9. The fourth-order valence-electron chi connectivity index (χ4n) is 2.78. The second kappa shape index (κ2) is 6.72. The van der Waals surface area contributed by atoms with Gasteiger partial charge in [0.05, 0.1) is 17.7 Å². The zero-order valence-corrected chi connectivity index (χ0v) is 12.6. The van der Waals surface area contributed by atoms with E-state index in [1.807, 2.05) is 0 Å². The van der Waals surface area contributed by atoms with Crippen LogP contribution in [0.1, 0.15) is 40.0 Å². The van der Waals surface area contributed by atoms with Gasteiger partial charge in [0.2, 0.25) is 0 Å². The van der Waals surface area contributed by atoms with Crippen LogP contribution in [0.15, 0.2) is 11.1 Å². The van der Waals surface area contributed by atoms with Crippen LogP contribution in [0.25, 0.3) is 0 Å². The highest BCUT2D eigenvalue weighted by Gasteiger charge is 2.45. The lowest BCUT2D eigenvalue weighted by Gasteiger charge is -2.27. The van der Waals surface area contributed by atoms with E-state index in [2.05, 4.69) is 26.8 Å². The smallest absolute Gasteiger partial charge is 0.253 e. The van der Waals surface area contributed by atoms with Gasteiger partial charge in [-0.15, -0.1) is 0 Å². The Hall–Kier alpha value is -1.34. The number of rotatable bonds is 5. The van der Waals surface area contributed by atoms with Crippen molar-refractivity contribution in [2.24, 2.45) is 5.92 Å². The molecule has 0 spiro atoms. The molecule has 2 atom stereocenters. The number of unbranched alkanes of at least 4 members (excludes halogenated alkanes) is 1. The molecule has 0 unspecified atom stereocenters. The molecule has 0 radical (unpaired) electrons. The van der Waals surface area contributed by atoms with Crippen LogP contribution in [0.2, 0.25) is 0 Å². The Morgan fingerprint density at radius 2 is 2.16 bits per heavy atom. The van der Waals surface area contributed by atoms with E-state index in [0.717, 1.165) is 12.8 Å². The van der Waals surface area contributed by atoms with Crippen molar-refractivity contribution in [1.29, 1.82) is 5.26 Å². The number of ether oxygens (including phenoxy) is 1. The molecule has 0 saturated carbocycles. The van der Waals surface area contributed by atoms with Gasteiger partial charge in [-0.2, -0.15) is 5.26 Å². The summed E-state index contributed by atoms with van der Waals surface area (Å²) in [5.41, 5.74) is 1.16. The number of carbonyl (C=O) groups excluding carboxylic acids is 1. The van der Waals surface area contributed by atoms with Gasteiger partial charge in [-0.05, 0) is 18.8 Å². The summed E-state index contributed by atoms with van der Waals surface area (Å²) in [7, 11) is 3.40. The lowest BCUT2D eigenvalue weighted by Crippen LogP contribution is -2.38. The summed E-state index contributed by atoms with van der Waals surface area (Å²) in [6.07, 6.45) is 2.30. The number of nitrogens with zero attached hydrogens (tertiary/aromatic N) is 2. The van der Waals surface area contributed by atoms with E-state index in [4.69, 9.17) is 4.74 Å². The number of hydrogen-bond donors (Lipinski definition) is 0. The molecular weight excluding hydrogens is 240 g/mol. The molecule has 0 aromatic heterocycles. The molecule has 4 nitrogen and oxygen atoms in total.